The normalized spacial score (nSPS) is 12.5. The predicted octanol–water partition coefficient (Wildman–Crippen LogP) is 3.38. The Morgan fingerprint density at radius 3 is 1.08 bits per heavy atom. The van der Waals surface area contributed by atoms with Crippen LogP contribution in [0.2, 0.25) is 0 Å². The van der Waals surface area contributed by atoms with Crippen molar-refractivity contribution in [2.45, 2.75) is 54.4 Å². The van der Waals surface area contributed by atoms with Crippen LogP contribution in [0.25, 0.3) is 0 Å². The van der Waals surface area contributed by atoms with Crippen LogP contribution >= 0.6 is 15.2 Å². The average Bonchev–Trinajstić information content (AvgIpc) is 2.61. The van der Waals surface area contributed by atoms with Crippen LogP contribution in [0.1, 0.15) is 52.9 Å². The summed E-state index contributed by atoms with van der Waals surface area (Å²) in [5, 5.41) is 0. The minimum atomic E-state index is -3.61. The van der Waals surface area contributed by atoms with E-state index in [-0.39, 0.29) is 37.3 Å². The van der Waals surface area contributed by atoms with E-state index in [0.29, 0.717) is 24.2 Å². The summed E-state index contributed by atoms with van der Waals surface area (Å²) in [5.74, 6) is 0. The Hall–Kier alpha value is -0.620. The molecule has 0 atom stereocenters. The van der Waals surface area contributed by atoms with Gasteiger partial charge in [-0.25, -0.2) is 9.97 Å². The van der Waals surface area contributed by atoms with Crippen LogP contribution in [0, 0.1) is 0 Å². The van der Waals surface area contributed by atoms with Crippen molar-refractivity contribution in [2.75, 3.05) is 26.4 Å². The average molecular weight is 408 g/mol. The first-order valence-electron chi connectivity index (χ1n) is 9.04. The van der Waals surface area contributed by atoms with E-state index in [1.165, 1.54) is 0 Å². The molecule has 150 valence electrons. The maximum atomic E-state index is 13.2. The van der Waals surface area contributed by atoms with Gasteiger partial charge in [0.25, 0.3) is 0 Å². The van der Waals surface area contributed by atoms with E-state index in [1.807, 2.05) is 13.8 Å². The topological polar surface area (TPSA) is 96.8 Å². The molecule has 0 amide bonds. The summed E-state index contributed by atoms with van der Waals surface area (Å²) in [6.45, 7) is 11.5. The summed E-state index contributed by atoms with van der Waals surface area (Å²) in [7, 11) is -7.23. The highest BCUT2D eigenvalue weighted by molar-refractivity contribution is 7.62. The monoisotopic (exact) mass is 408 g/mol. The van der Waals surface area contributed by atoms with Crippen LogP contribution in [0.4, 0.5) is 0 Å². The van der Waals surface area contributed by atoms with Gasteiger partial charge in [0.1, 0.15) is 0 Å². The van der Waals surface area contributed by atoms with Gasteiger partial charge in [-0.2, -0.15) is 0 Å². The van der Waals surface area contributed by atoms with Gasteiger partial charge in [0.15, 0.2) is 10.9 Å². The molecule has 0 radical (unpaired) electrons. The van der Waals surface area contributed by atoms with E-state index in [0.717, 1.165) is 0 Å². The molecule has 0 fully saturated rings. The Morgan fingerprint density at radius 2 is 0.885 bits per heavy atom. The van der Waals surface area contributed by atoms with Crippen LogP contribution in [-0.2, 0) is 40.1 Å². The third-order valence-corrected chi connectivity index (χ3v) is 7.53. The van der Waals surface area contributed by atoms with Crippen molar-refractivity contribution in [3.8, 4) is 0 Å². The highest BCUT2D eigenvalue weighted by atomic mass is 31.2. The largest absolute Gasteiger partial charge is 0.381 e. The number of aromatic nitrogens is 2. The first kappa shape index (κ1) is 23.4. The Kier molecular flexibility index (Phi) is 9.59. The Bertz CT molecular complexity index is 605. The minimum Gasteiger partial charge on any atom is -0.304 e. The van der Waals surface area contributed by atoms with Gasteiger partial charge in [0.2, 0.25) is 0 Å². The highest BCUT2D eigenvalue weighted by Crippen LogP contribution is 2.49. The molecule has 0 aliphatic carbocycles. The number of hydrogen-bond donors (Lipinski definition) is 0. The number of aryl methyl sites for hydroxylation is 2. The molecule has 1 aromatic rings. The van der Waals surface area contributed by atoms with Gasteiger partial charge in [-0.15, -0.1) is 0 Å². The fourth-order valence-electron chi connectivity index (χ4n) is 2.40. The van der Waals surface area contributed by atoms with Crippen LogP contribution < -0.4 is 10.9 Å². The first-order valence-corrected chi connectivity index (χ1v) is 12.1. The van der Waals surface area contributed by atoms with Gasteiger partial charge in [0.05, 0.1) is 37.8 Å². The molecular weight excluding hydrogens is 378 g/mol. The summed E-state index contributed by atoms with van der Waals surface area (Å²) < 4.78 is 48.1. The maximum Gasteiger partial charge on any atom is 0.381 e. The first-order chi connectivity index (χ1) is 12.4. The summed E-state index contributed by atoms with van der Waals surface area (Å²) in [6.07, 6.45) is 0.837. The van der Waals surface area contributed by atoms with Gasteiger partial charge in [-0.3, -0.25) is 9.13 Å². The van der Waals surface area contributed by atoms with Crippen molar-refractivity contribution in [1.82, 2.24) is 9.97 Å². The summed E-state index contributed by atoms with van der Waals surface area (Å²) in [4.78, 5) is 8.99. The Balaban J connectivity index is 3.65. The smallest absolute Gasteiger partial charge is 0.304 e. The molecule has 0 N–H and O–H groups in total. The van der Waals surface area contributed by atoms with Crippen molar-refractivity contribution < 1.29 is 27.2 Å². The van der Waals surface area contributed by atoms with Crippen molar-refractivity contribution in [1.29, 1.82) is 0 Å². The zero-order valence-corrected chi connectivity index (χ0v) is 18.3. The van der Waals surface area contributed by atoms with E-state index >= 15 is 0 Å². The van der Waals surface area contributed by atoms with Crippen LogP contribution in [-0.4, -0.2) is 36.4 Å². The van der Waals surface area contributed by atoms with Gasteiger partial charge < -0.3 is 18.1 Å². The van der Waals surface area contributed by atoms with Crippen molar-refractivity contribution >= 4 is 26.1 Å². The second-order valence-corrected chi connectivity index (χ2v) is 9.01. The van der Waals surface area contributed by atoms with Gasteiger partial charge >= 0.3 is 15.2 Å². The highest BCUT2D eigenvalue weighted by Gasteiger charge is 2.38. The summed E-state index contributed by atoms with van der Waals surface area (Å²) in [6, 6.07) is 0. The molecule has 1 rings (SSSR count). The molecule has 0 bridgehead atoms. The molecule has 0 saturated heterocycles. The van der Waals surface area contributed by atoms with Gasteiger partial charge in [-0.1, -0.05) is 13.8 Å². The fourth-order valence-corrected chi connectivity index (χ4v) is 5.93. The lowest BCUT2D eigenvalue weighted by Gasteiger charge is -2.23. The quantitative estimate of drug-likeness (QED) is 0.486. The van der Waals surface area contributed by atoms with E-state index in [9.17, 15) is 9.13 Å². The molecule has 0 unspecified atom stereocenters. The Labute approximate surface area is 156 Å². The lowest BCUT2D eigenvalue weighted by Crippen LogP contribution is -2.31. The third kappa shape index (κ3) is 5.22. The van der Waals surface area contributed by atoms with E-state index in [2.05, 4.69) is 9.97 Å². The maximum absolute atomic E-state index is 13.2. The lowest BCUT2D eigenvalue weighted by atomic mass is 10.3. The van der Waals surface area contributed by atoms with Crippen LogP contribution in [0.3, 0.4) is 0 Å². The summed E-state index contributed by atoms with van der Waals surface area (Å²) in [5.41, 5.74) is 1.15. The number of rotatable bonds is 12. The Morgan fingerprint density at radius 1 is 0.615 bits per heavy atom. The number of hydrogen-bond acceptors (Lipinski definition) is 8. The van der Waals surface area contributed by atoms with Crippen LogP contribution in [0.5, 0.6) is 0 Å². The minimum absolute atomic E-state index is 0.170. The molecule has 10 heteroatoms. The third-order valence-electron chi connectivity index (χ3n) is 3.38. The summed E-state index contributed by atoms with van der Waals surface area (Å²) >= 11 is 0. The second kappa shape index (κ2) is 10.6. The van der Waals surface area contributed by atoms with Gasteiger partial charge in [0, 0.05) is 0 Å². The van der Waals surface area contributed by atoms with Crippen molar-refractivity contribution in [2.24, 2.45) is 0 Å². The predicted molar refractivity (Wildman–Crippen MR) is 102 cm³/mol. The van der Waals surface area contributed by atoms with E-state index in [1.54, 1.807) is 27.7 Å². The van der Waals surface area contributed by atoms with E-state index in [4.69, 9.17) is 18.1 Å². The SMILES string of the molecule is CCOP(=O)(OCC)c1nc(CC)c(P(=O)(OCC)OCC)nc1CC. The van der Waals surface area contributed by atoms with E-state index < -0.39 is 15.2 Å². The number of nitrogens with zero attached hydrogens (tertiary/aromatic N) is 2. The lowest BCUT2D eigenvalue weighted by molar-refractivity contribution is 0.227. The molecular formula is C16H30N2O6P2. The molecule has 0 aliphatic heterocycles. The zero-order valence-electron chi connectivity index (χ0n) is 16.5. The standard InChI is InChI=1S/C16H30N2O6P2/c1-7-13-15(25(19,21-9-3)22-10-4)18-14(8-2)16(17-13)26(20,23-11-5)24-12-6/h7-12H2,1-6H3. The fraction of sp³-hybridized carbons (Fsp3) is 0.750. The molecule has 0 aliphatic rings. The molecule has 0 saturated carbocycles. The molecule has 8 nitrogen and oxygen atoms in total. The van der Waals surface area contributed by atoms with Gasteiger partial charge in [-0.05, 0) is 40.5 Å². The van der Waals surface area contributed by atoms with Crippen molar-refractivity contribution in [3.05, 3.63) is 11.4 Å². The van der Waals surface area contributed by atoms with Crippen molar-refractivity contribution in [3.63, 3.8) is 0 Å². The molecule has 26 heavy (non-hydrogen) atoms. The molecule has 0 spiro atoms. The zero-order chi connectivity index (χ0) is 19.8. The van der Waals surface area contributed by atoms with Crippen LogP contribution in [0.15, 0.2) is 0 Å². The molecule has 1 heterocycles. The molecule has 1 aromatic heterocycles. The molecule has 0 aromatic carbocycles. The second-order valence-electron chi connectivity index (χ2n) is 5.14.